The van der Waals surface area contributed by atoms with Gasteiger partial charge in [-0.15, -0.1) is 23.1 Å². The number of rotatable bonds is 5. The van der Waals surface area contributed by atoms with Crippen molar-refractivity contribution in [2.75, 3.05) is 11.1 Å². The highest BCUT2D eigenvalue weighted by molar-refractivity contribution is 7.99. The number of aryl methyl sites for hydroxylation is 2. The molecule has 0 unspecified atom stereocenters. The number of para-hydroxylation sites is 1. The van der Waals surface area contributed by atoms with Crippen molar-refractivity contribution in [2.24, 2.45) is 0 Å². The minimum atomic E-state index is -0.154. The molecule has 0 bridgehead atoms. The number of carbonyl (C=O) groups is 1. The first-order valence-electron chi connectivity index (χ1n) is 9.40. The smallest absolute Gasteiger partial charge is 0.266 e. The van der Waals surface area contributed by atoms with E-state index < -0.39 is 0 Å². The topological polar surface area (TPSA) is 78.7 Å². The molecule has 29 heavy (non-hydrogen) atoms. The summed E-state index contributed by atoms with van der Waals surface area (Å²) in [4.78, 5) is 24.9. The Kier molecular flexibility index (Phi) is 6.25. The molecule has 0 saturated carbocycles. The first kappa shape index (κ1) is 21.3. The third kappa shape index (κ3) is 4.60. The molecule has 0 fully saturated rings. The molecule has 0 spiro atoms. The minimum absolute atomic E-state index is 0.143. The van der Waals surface area contributed by atoms with Crippen molar-refractivity contribution in [2.45, 2.75) is 51.3 Å². The maximum Gasteiger partial charge on any atom is 0.266 e. The van der Waals surface area contributed by atoms with Crippen LogP contribution in [0.15, 0.2) is 29.2 Å². The third-order valence-electron chi connectivity index (χ3n) is 4.45. The number of aromatic nitrogens is 2. The molecular weight excluding hydrogens is 400 g/mol. The van der Waals surface area contributed by atoms with E-state index in [-0.39, 0.29) is 11.3 Å². The lowest BCUT2D eigenvalue weighted by atomic mass is 9.95. The Morgan fingerprint density at radius 2 is 1.97 bits per heavy atom. The maximum atomic E-state index is 13.1. The zero-order valence-electron chi connectivity index (χ0n) is 17.3. The Hall–Kier alpha value is -2.43. The van der Waals surface area contributed by atoms with Gasteiger partial charge in [-0.1, -0.05) is 32.9 Å². The molecule has 2 aromatic heterocycles. The number of nitriles is 1. The number of hydrogen-bond acceptors (Lipinski definition) is 6. The number of nitrogens with one attached hydrogen (secondary N) is 1. The Labute approximate surface area is 179 Å². The molecule has 3 rings (SSSR count). The van der Waals surface area contributed by atoms with Gasteiger partial charge in [-0.2, -0.15) is 5.26 Å². The lowest BCUT2D eigenvalue weighted by molar-refractivity contribution is 0.103. The van der Waals surface area contributed by atoms with Crippen molar-refractivity contribution in [3.8, 4) is 6.07 Å². The van der Waals surface area contributed by atoms with Gasteiger partial charge in [-0.05, 0) is 31.5 Å². The number of anilines is 1. The first-order chi connectivity index (χ1) is 13.7. The van der Waals surface area contributed by atoms with Crippen molar-refractivity contribution in [3.63, 3.8) is 0 Å². The Bertz CT molecular complexity index is 1110. The second-order valence-corrected chi connectivity index (χ2v) is 9.96. The molecule has 5 nitrogen and oxygen atoms in total. The number of thiophene rings is 1. The van der Waals surface area contributed by atoms with Gasteiger partial charge in [-0.3, -0.25) is 4.79 Å². The number of benzene rings is 1. The summed E-state index contributed by atoms with van der Waals surface area (Å²) in [7, 11) is 0. The molecule has 150 valence electrons. The van der Waals surface area contributed by atoms with Gasteiger partial charge < -0.3 is 5.32 Å². The summed E-state index contributed by atoms with van der Waals surface area (Å²) in [5, 5.41) is 12.8. The van der Waals surface area contributed by atoms with Gasteiger partial charge in [0.1, 0.15) is 10.7 Å². The van der Waals surface area contributed by atoms with E-state index in [0.29, 0.717) is 17.1 Å². The second-order valence-electron chi connectivity index (χ2n) is 7.83. The van der Waals surface area contributed by atoms with Crippen molar-refractivity contribution in [1.82, 2.24) is 9.97 Å². The monoisotopic (exact) mass is 424 g/mol. The van der Waals surface area contributed by atoms with Crippen LogP contribution in [0, 0.1) is 25.2 Å². The Morgan fingerprint density at radius 3 is 2.66 bits per heavy atom. The molecule has 0 aliphatic rings. The predicted octanol–water partition coefficient (Wildman–Crippen LogP) is 5.86. The van der Waals surface area contributed by atoms with Crippen LogP contribution in [0.5, 0.6) is 0 Å². The van der Waals surface area contributed by atoms with Crippen molar-refractivity contribution < 1.29 is 4.79 Å². The minimum Gasteiger partial charge on any atom is -0.320 e. The average Bonchev–Trinajstić information content (AvgIpc) is 3.00. The van der Waals surface area contributed by atoms with E-state index in [4.69, 9.17) is 10.2 Å². The average molecular weight is 425 g/mol. The number of amides is 1. The van der Waals surface area contributed by atoms with Crippen LogP contribution in [-0.4, -0.2) is 21.6 Å². The number of nitrogens with zero attached hydrogens (tertiary/aromatic N) is 3. The van der Waals surface area contributed by atoms with Gasteiger partial charge in [0.15, 0.2) is 0 Å². The normalized spacial score (nSPS) is 11.4. The van der Waals surface area contributed by atoms with Crippen molar-refractivity contribution in [1.29, 1.82) is 5.26 Å². The van der Waals surface area contributed by atoms with Crippen LogP contribution >= 0.6 is 23.1 Å². The number of carbonyl (C=O) groups excluding carboxylic acids is 1. The SMILES string of the molecule is Cc1nc(C(C)(C)C)nc2sc(C(=O)Nc3ccccc3SCCC#N)c(C)c12. The van der Waals surface area contributed by atoms with E-state index in [1.807, 2.05) is 38.1 Å². The highest BCUT2D eigenvalue weighted by Gasteiger charge is 2.23. The quantitative estimate of drug-likeness (QED) is 0.410. The molecule has 3 aromatic rings. The lowest BCUT2D eigenvalue weighted by Gasteiger charge is -2.16. The largest absolute Gasteiger partial charge is 0.320 e. The van der Waals surface area contributed by atoms with E-state index in [1.165, 1.54) is 11.3 Å². The number of thioether (sulfide) groups is 1. The molecule has 0 aliphatic heterocycles. The van der Waals surface area contributed by atoms with E-state index in [9.17, 15) is 4.79 Å². The molecule has 1 amide bonds. The number of hydrogen-bond donors (Lipinski definition) is 1. The second kappa shape index (κ2) is 8.52. The number of fused-ring (bicyclic) bond motifs is 1. The van der Waals surface area contributed by atoms with Gasteiger partial charge in [0.25, 0.3) is 5.91 Å². The standard InChI is InChI=1S/C22H24N4OS2/c1-13-17-14(2)24-21(22(3,4)5)26-20(17)29-18(13)19(27)25-15-9-6-7-10-16(15)28-12-8-11-23/h6-7,9-10H,8,12H2,1-5H3,(H,25,27). The fourth-order valence-corrected chi connectivity index (χ4v) is 4.96. The van der Waals surface area contributed by atoms with Crippen LogP contribution in [0.3, 0.4) is 0 Å². The van der Waals surface area contributed by atoms with E-state index >= 15 is 0 Å². The Morgan fingerprint density at radius 1 is 1.24 bits per heavy atom. The molecule has 0 atom stereocenters. The molecular formula is C22H24N4OS2. The van der Waals surface area contributed by atoms with Crippen LogP contribution < -0.4 is 5.32 Å². The van der Waals surface area contributed by atoms with E-state index in [0.717, 1.165) is 37.9 Å². The summed E-state index contributed by atoms with van der Waals surface area (Å²) in [5.74, 6) is 1.33. The summed E-state index contributed by atoms with van der Waals surface area (Å²) < 4.78 is 0. The first-order valence-corrected chi connectivity index (χ1v) is 11.2. The van der Waals surface area contributed by atoms with Crippen LogP contribution in [0.2, 0.25) is 0 Å². The zero-order valence-corrected chi connectivity index (χ0v) is 18.9. The van der Waals surface area contributed by atoms with E-state index in [1.54, 1.807) is 11.8 Å². The summed E-state index contributed by atoms with van der Waals surface area (Å²) in [6.45, 7) is 10.2. The predicted molar refractivity (Wildman–Crippen MR) is 121 cm³/mol. The van der Waals surface area contributed by atoms with Crippen LogP contribution in [-0.2, 0) is 5.41 Å². The van der Waals surface area contributed by atoms with Crippen LogP contribution in [0.4, 0.5) is 5.69 Å². The van der Waals surface area contributed by atoms with Gasteiger partial charge in [0.2, 0.25) is 0 Å². The van der Waals surface area contributed by atoms with Crippen LogP contribution in [0.25, 0.3) is 10.2 Å². The van der Waals surface area contributed by atoms with Gasteiger partial charge in [-0.25, -0.2) is 9.97 Å². The highest BCUT2D eigenvalue weighted by atomic mass is 32.2. The molecule has 1 N–H and O–H groups in total. The zero-order chi connectivity index (χ0) is 21.2. The fraction of sp³-hybridized carbons (Fsp3) is 0.364. The molecule has 0 aliphatic carbocycles. The summed E-state index contributed by atoms with van der Waals surface area (Å²) in [5.41, 5.74) is 2.42. The van der Waals surface area contributed by atoms with Gasteiger partial charge >= 0.3 is 0 Å². The van der Waals surface area contributed by atoms with Crippen LogP contribution in [0.1, 0.15) is 53.9 Å². The molecule has 1 aromatic carbocycles. The van der Waals surface area contributed by atoms with Crippen molar-refractivity contribution >= 4 is 44.9 Å². The van der Waals surface area contributed by atoms with Gasteiger partial charge in [0.05, 0.1) is 22.3 Å². The third-order valence-corrected chi connectivity index (χ3v) is 6.71. The fourth-order valence-electron chi connectivity index (χ4n) is 2.97. The summed E-state index contributed by atoms with van der Waals surface area (Å²) >= 11 is 2.98. The summed E-state index contributed by atoms with van der Waals surface area (Å²) in [6, 6.07) is 9.82. The van der Waals surface area contributed by atoms with E-state index in [2.05, 4.69) is 37.1 Å². The molecule has 0 radical (unpaired) electrons. The molecule has 0 saturated heterocycles. The molecule has 7 heteroatoms. The van der Waals surface area contributed by atoms with Crippen molar-refractivity contribution in [3.05, 3.63) is 46.2 Å². The van der Waals surface area contributed by atoms with Gasteiger partial charge in [0, 0.05) is 27.9 Å². The summed E-state index contributed by atoms with van der Waals surface area (Å²) in [6.07, 6.45) is 0.469. The maximum absolute atomic E-state index is 13.1. The highest BCUT2D eigenvalue weighted by Crippen LogP contribution is 2.34. The molecule has 2 heterocycles. The Balaban J connectivity index is 1.94. The lowest BCUT2D eigenvalue weighted by Crippen LogP contribution is -2.16.